The van der Waals surface area contributed by atoms with Gasteiger partial charge in [0.25, 0.3) is 5.91 Å². The predicted octanol–water partition coefficient (Wildman–Crippen LogP) is 2.70. The predicted molar refractivity (Wildman–Crippen MR) is 120 cm³/mol. The molecule has 0 bridgehead atoms. The number of piperazine rings is 1. The number of furan rings is 1. The number of rotatable bonds is 7. The molecule has 2 heterocycles. The van der Waals surface area contributed by atoms with Gasteiger partial charge in [-0.25, -0.2) is 0 Å². The summed E-state index contributed by atoms with van der Waals surface area (Å²) in [6.07, 6.45) is 1.54. The number of nitrogens with zero attached hydrogens (tertiary/aromatic N) is 4. The van der Waals surface area contributed by atoms with Crippen LogP contribution in [-0.2, 0) is 0 Å². The van der Waals surface area contributed by atoms with Crippen molar-refractivity contribution >= 4 is 11.9 Å². The molecule has 30 heavy (non-hydrogen) atoms. The first-order valence-corrected chi connectivity index (χ1v) is 10.7. The molecule has 7 nitrogen and oxygen atoms in total. The third-order valence-electron chi connectivity index (χ3n) is 5.70. The number of carbonyl (C=O) groups is 1. The van der Waals surface area contributed by atoms with Crippen LogP contribution in [0.4, 0.5) is 0 Å². The van der Waals surface area contributed by atoms with E-state index in [0.29, 0.717) is 18.8 Å². The maximum Gasteiger partial charge on any atom is 0.289 e. The molecule has 1 amide bonds. The summed E-state index contributed by atoms with van der Waals surface area (Å²) < 4.78 is 5.25. The van der Waals surface area contributed by atoms with Gasteiger partial charge in [0.15, 0.2) is 11.7 Å². The average Bonchev–Trinajstić information content (AvgIpc) is 3.34. The Morgan fingerprint density at radius 1 is 1.07 bits per heavy atom. The van der Waals surface area contributed by atoms with Crippen LogP contribution in [0, 0.1) is 0 Å². The molecular weight excluding hydrogens is 378 g/mol. The van der Waals surface area contributed by atoms with E-state index >= 15 is 0 Å². The van der Waals surface area contributed by atoms with Crippen molar-refractivity contribution in [3.05, 3.63) is 60.1 Å². The minimum absolute atomic E-state index is 0.0479. The third kappa shape index (κ3) is 5.21. The molecule has 2 aromatic rings. The largest absolute Gasteiger partial charge is 0.459 e. The Labute approximate surface area is 179 Å². The van der Waals surface area contributed by atoms with Gasteiger partial charge in [-0.05, 0) is 30.8 Å². The van der Waals surface area contributed by atoms with Crippen LogP contribution in [0.3, 0.4) is 0 Å². The second-order valence-electron chi connectivity index (χ2n) is 7.33. The van der Waals surface area contributed by atoms with Gasteiger partial charge in [0.2, 0.25) is 0 Å². The topological polar surface area (TPSA) is 64.3 Å². The van der Waals surface area contributed by atoms with Gasteiger partial charge < -0.3 is 19.5 Å². The van der Waals surface area contributed by atoms with Crippen molar-refractivity contribution in [3.63, 3.8) is 0 Å². The normalized spacial score (nSPS) is 16.1. The standard InChI is InChI=1S/C23H33N5O2/c1-4-26(5-2)20(19-10-7-6-8-11-19)18-25-23(24-3)28-15-13-27(14-16-28)22(29)21-12-9-17-30-21/h6-12,17,20H,4-5,13-16,18H2,1-3H3,(H,24,25). The van der Waals surface area contributed by atoms with E-state index in [-0.39, 0.29) is 11.9 Å². The fraction of sp³-hybridized carbons (Fsp3) is 0.478. The Bertz CT molecular complexity index is 794. The van der Waals surface area contributed by atoms with Crippen molar-refractivity contribution in [3.8, 4) is 0 Å². The smallest absolute Gasteiger partial charge is 0.289 e. The second-order valence-corrected chi connectivity index (χ2v) is 7.33. The van der Waals surface area contributed by atoms with E-state index in [1.165, 1.54) is 11.8 Å². The minimum atomic E-state index is -0.0479. The lowest BCUT2D eigenvalue weighted by Crippen LogP contribution is -2.54. The summed E-state index contributed by atoms with van der Waals surface area (Å²) in [4.78, 5) is 23.5. The van der Waals surface area contributed by atoms with Crippen LogP contribution >= 0.6 is 0 Å². The van der Waals surface area contributed by atoms with Crippen LogP contribution in [0.25, 0.3) is 0 Å². The Morgan fingerprint density at radius 2 is 1.73 bits per heavy atom. The van der Waals surface area contributed by atoms with Gasteiger partial charge in [-0.15, -0.1) is 0 Å². The first-order chi connectivity index (χ1) is 14.7. The number of aliphatic imine (C=N–C) groups is 1. The molecule has 1 unspecified atom stereocenters. The van der Waals surface area contributed by atoms with E-state index in [9.17, 15) is 4.79 Å². The first kappa shape index (κ1) is 21.9. The highest BCUT2D eigenvalue weighted by atomic mass is 16.3. The van der Waals surface area contributed by atoms with E-state index in [4.69, 9.17) is 4.42 Å². The molecule has 1 aromatic heterocycles. The molecule has 0 radical (unpaired) electrons. The number of amides is 1. The van der Waals surface area contributed by atoms with Crippen LogP contribution < -0.4 is 5.32 Å². The van der Waals surface area contributed by atoms with Crippen LogP contribution in [0.15, 0.2) is 58.1 Å². The Hall–Kier alpha value is -2.80. The van der Waals surface area contributed by atoms with E-state index in [1.807, 2.05) is 11.9 Å². The molecule has 1 atom stereocenters. The Balaban J connectivity index is 1.59. The maximum absolute atomic E-state index is 12.5. The van der Waals surface area contributed by atoms with Crippen molar-refractivity contribution in [2.24, 2.45) is 4.99 Å². The molecule has 0 aliphatic carbocycles. The fourth-order valence-corrected chi connectivity index (χ4v) is 4.00. The lowest BCUT2D eigenvalue weighted by atomic mass is 10.1. The highest BCUT2D eigenvalue weighted by molar-refractivity contribution is 5.91. The third-order valence-corrected chi connectivity index (χ3v) is 5.70. The number of likely N-dealkylation sites (N-methyl/N-ethyl adjacent to an activating group) is 1. The van der Waals surface area contributed by atoms with E-state index < -0.39 is 0 Å². The van der Waals surface area contributed by atoms with Crippen molar-refractivity contribution in [2.75, 3.05) is 52.9 Å². The maximum atomic E-state index is 12.5. The van der Waals surface area contributed by atoms with Crippen LogP contribution in [-0.4, -0.2) is 79.4 Å². The van der Waals surface area contributed by atoms with Crippen LogP contribution in [0.1, 0.15) is 36.0 Å². The molecular formula is C23H33N5O2. The van der Waals surface area contributed by atoms with Gasteiger partial charge in [-0.1, -0.05) is 44.2 Å². The molecule has 1 fully saturated rings. The lowest BCUT2D eigenvalue weighted by Gasteiger charge is -2.37. The highest BCUT2D eigenvalue weighted by Gasteiger charge is 2.26. The number of nitrogens with one attached hydrogen (secondary N) is 1. The number of carbonyl (C=O) groups excluding carboxylic acids is 1. The van der Waals surface area contributed by atoms with Gasteiger partial charge in [-0.3, -0.25) is 14.7 Å². The first-order valence-electron chi connectivity index (χ1n) is 10.7. The summed E-state index contributed by atoms with van der Waals surface area (Å²) >= 11 is 0. The summed E-state index contributed by atoms with van der Waals surface area (Å²) in [5.41, 5.74) is 1.30. The quantitative estimate of drug-likeness (QED) is 0.561. The molecule has 0 spiro atoms. The molecule has 7 heteroatoms. The highest BCUT2D eigenvalue weighted by Crippen LogP contribution is 2.19. The van der Waals surface area contributed by atoms with E-state index in [1.54, 1.807) is 12.1 Å². The second kappa shape index (κ2) is 10.8. The summed E-state index contributed by atoms with van der Waals surface area (Å²) in [7, 11) is 1.82. The summed E-state index contributed by atoms with van der Waals surface area (Å²) in [5.74, 6) is 1.23. The fourth-order valence-electron chi connectivity index (χ4n) is 4.00. The monoisotopic (exact) mass is 411 g/mol. The molecule has 1 aliphatic heterocycles. The van der Waals surface area contributed by atoms with Crippen molar-refractivity contribution in [1.82, 2.24) is 20.0 Å². The van der Waals surface area contributed by atoms with Crippen molar-refractivity contribution in [1.29, 1.82) is 0 Å². The zero-order valence-electron chi connectivity index (χ0n) is 18.3. The van der Waals surface area contributed by atoms with Crippen LogP contribution in [0.5, 0.6) is 0 Å². The number of benzene rings is 1. The SMILES string of the molecule is CCN(CC)C(CNC(=NC)N1CCN(C(=O)c2ccco2)CC1)c1ccccc1. The zero-order valence-corrected chi connectivity index (χ0v) is 18.3. The molecule has 1 aliphatic rings. The molecule has 1 N–H and O–H groups in total. The summed E-state index contributed by atoms with van der Waals surface area (Å²) in [6, 6.07) is 14.4. The average molecular weight is 412 g/mol. The molecule has 3 rings (SSSR count). The van der Waals surface area contributed by atoms with Gasteiger partial charge in [0.1, 0.15) is 0 Å². The van der Waals surface area contributed by atoms with E-state index in [0.717, 1.165) is 38.7 Å². The van der Waals surface area contributed by atoms with Gasteiger partial charge in [-0.2, -0.15) is 0 Å². The molecule has 1 aromatic carbocycles. The zero-order chi connectivity index (χ0) is 21.3. The number of hydrogen-bond donors (Lipinski definition) is 1. The molecule has 0 saturated carbocycles. The van der Waals surface area contributed by atoms with Crippen LogP contribution in [0.2, 0.25) is 0 Å². The number of hydrogen-bond acceptors (Lipinski definition) is 4. The van der Waals surface area contributed by atoms with Gasteiger partial charge >= 0.3 is 0 Å². The summed E-state index contributed by atoms with van der Waals surface area (Å²) in [5, 5.41) is 3.57. The van der Waals surface area contributed by atoms with Crippen molar-refractivity contribution in [2.45, 2.75) is 19.9 Å². The van der Waals surface area contributed by atoms with Gasteiger partial charge in [0, 0.05) is 39.8 Å². The summed E-state index contributed by atoms with van der Waals surface area (Å²) in [6.45, 7) is 9.95. The number of guanidine groups is 1. The van der Waals surface area contributed by atoms with Crippen molar-refractivity contribution < 1.29 is 9.21 Å². The minimum Gasteiger partial charge on any atom is -0.459 e. The Kier molecular flexibility index (Phi) is 7.90. The Morgan fingerprint density at radius 3 is 2.30 bits per heavy atom. The molecule has 1 saturated heterocycles. The molecule has 162 valence electrons. The van der Waals surface area contributed by atoms with Gasteiger partial charge in [0.05, 0.1) is 12.3 Å². The lowest BCUT2D eigenvalue weighted by molar-refractivity contribution is 0.0657. The van der Waals surface area contributed by atoms with E-state index in [2.05, 4.69) is 64.3 Å².